The molecule has 2 fully saturated rings. The zero-order chi connectivity index (χ0) is 24.9. The van der Waals surface area contributed by atoms with Gasteiger partial charge in [-0.05, 0) is 55.5 Å². The second-order valence-corrected chi connectivity index (χ2v) is 10.6. The highest BCUT2D eigenvalue weighted by Gasteiger charge is 2.49. The Morgan fingerprint density at radius 3 is 2.71 bits per heavy atom. The Morgan fingerprint density at radius 2 is 1.97 bits per heavy atom. The van der Waals surface area contributed by atoms with E-state index < -0.39 is 11.5 Å². The third kappa shape index (κ3) is 4.20. The molecule has 0 saturated carbocycles. The Bertz CT molecular complexity index is 1130. The van der Waals surface area contributed by atoms with E-state index in [4.69, 9.17) is 9.47 Å². The zero-order valence-electron chi connectivity index (χ0n) is 21.1. The molecule has 2 N–H and O–H groups in total. The van der Waals surface area contributed by atoms with Gasteiger partial charge in [0.15, 0.2) is 0 Å². The molecule has 0 amide bonds. The molecular formula is C28H36N2O5. The van der Waals surface area contributed by atoms with Gasteiger partial charge in [-0.1, -0.05) is 23.8 Å². The topological polar surface area (TPSA) is 82.5 Å². The number of aliphatic hydroxyl groups excluding tert-OH is 2. The van der Waals surface area contributed by atoms with E-state index in [1.165, 1.54) is 11.1 Å². The largest absolute Gasteiger partial charge is 0.506 e. The second-order valence-electron chi connectivity index (χ2n) is 10.6. The molecule has 35 heavy (non-hydrogen) atoms. The van der Waals surface area contributed by atoms with E-state index in [0.29, 0.717) is 32.1 Å². The van der Waals surface area contributed by atoms with Crippen molar-refractivity contribution in [1.82, 2.24) is 9.80 Å². The van der Waals surface area contributed by atoms with E-state index >= 15 is 0 Å². The highest BCUT2D eigenvalue weighted by Crippen LogP contribution is 2.45. The summed E-state index contributed by atoms with van der Waals surface area (Å²) in [5, 5.41) is 22.0. The van der Waals surface area contributed by atoms with Crippen molar-refractivity contribution < 1.29 is 24.5 Å². The third-order valence-electron chi connectivity index (χ3n) is 8.39. The van der Waals surface area contributed by atoms with Gasteiger partial charge in [-0.3, -0.25) is 9.69 Å². The number of benzene rings is 1. The Labute approximate surface area is 207 Å². The highest BCUT2D eigenvalue weighted by molar-refractivity contribution is 5.82. The number of aryl methyl sites for hydroxylation is 1. The molecule has 1 aromatic rings. The number of aliphatic hydroxyl groups is 2. The predicted molar refractivity (Wildman–Crippen MR) is 133 cm³/mol. The first-order valence-corrected chi connectivity index (χ1v) is 12.5. The third-order valence-corrected chi connectivity index (χ3v) is 8.39. The molecule has 5 rings (SSSR count). The number of β-amino-alcohol motifs (C(OH)–C–C–N with tert-alkyl or cyclic N) is 1. The Hall–Kier alpha value is -2.61. The van der Waals surface area contributed by atoms with Crippen molar-refractivity contribution in [2.24, 2.45) is 11.3 Å². The summed E-state index contributed by atoms with van der Waals surface area (Å²) in [5.74, 6) is 0.109. The van der Waals surface area contributed by atoms with E-state index in [9.17, 15) is 15.0 Å². The minimum Gasteiger partial charge on any atom is -0.506 e. The maximum Gasteiger partial charge on any atom is 0.316 e. The van der Waals surface area contributed by atoms with Crippen molar-refractivity contribution in [3.8, 4) is 0 Å². The molecule has 3 heterocycles. The molecule has 0 radical (unpaired) electrons. The van der Waals surface area contributed by atoms with Crippen LogP contribution < -0.4 is 0 Å². The standard InChI is InChI=1S/C28H36N2O5/c1-17-11-20-14-34-15-22(20)19(3)26(17)25(32)13-30-9-7-29(8-10-30)12-24(31)21-5-6-28(4)23(18(21)2)16-35-27(28)33/h5-6,11,13,23-24,31-32H,7-10,12,14-16H2,1-4H3/b25-13-/t23?,24-,28?/m0/s1. The van der Waals surface area contributed by atoms with Crippen LogP contribution in [0, 0.1) is 25.2 Å². The van der Waals surface area contributed by atoms with E-state index in [1.807, 2.05) is 39.1 Å². The van der Waals surface area contributed by atoms with Gasteiger partial charge in [0.1, 0.15) is 5.76 Å². The lowest BCUT2D eigenvalue weighted by Crippen LogP contribution is -2.47. The minimum absolute atomic E-state index is 0.00713. The van der Waals surface area contributed by atoms with Crippen molar-refractivity contribution in [2.75, 3.05) is 39.3 Å². The molecule has 2 unspecified atom stereocenters. The van der Waals surface area contributed by atoms with Gasteiger partial charge in [-0.25, -0.2) is 0 Å². The predicted octanol–water partition coefficient (Wildman–Crippen LogP) is 3.23. The summed E-state index contributed by atoms with van der Waals surface area (Å²) in [7, 11) is 0. The average molecular weight is 481 g/mol. The number of rotatable bonds is 5. The fraction of sp³-hybridized carbons (Fsp3) is 0.536. The zero-order valence-corrected chi connectivity index (χ0v) is 21.1. The van der Waals surface area contributed by atoms with Crippen LogP contribution in [0.1, 0.15) is 41.7 Å². The quantitative estimate of drug-likeness (QED) is 0.495. The van der Waals surface area contributed by atoms with Crippen molar-refractivity contribution in [2.45, 2.75) is 47.0 Å². The number of fused-ring (bicyclic) bond motifs is 2. The van der Waals surface area contributed by atoms with Crippen LogP contribution in [0.2, 0.25) is 0 Å². The van der Waals surface area contributed by atoms with E-state index in [0.717, 1.165) is 54.0 Å². The maximum atomic E-state index is 12.2. The van der Waals surface area contributed by atoms with Gasteiger partial charge >= 0.3 is 5.97 Å². The Balaban J connectivity index is 1.21. The summed E-state index contributed by atoms with van der Waals surface area (Å²) in [6.45, 7) is 13.4. The van der Waals surface area contributed by atoms with Gasteiger partial charge in [0, 0.05) is 50.4 Å². The Morgan fingerprint density at radius 1 is 1.23 bits per heavy atom. The molecule has 7 heteroatoms. The first-order chi connectivity index (χ1) is 16.7. The van der Waals surface area contributed by atoms with Crippen LogP contribution in [-0.4, -0.2) is 71.4 Å². The lowest BCUT2D eigenvalue weighted by atomic mass is 9.70. The normalized spacial score (nSPS) is 27.8. The van der Waals surface area contributed by atoms with Crippen molar-refractivity contribution >= 4 is 11.7 Å². The fourth-order valence-corrected chi connectivity index (χ4v) is 6.11. The summed E-state index contributed by atoms with van der Waals surface area (Å²) in [6.07, 6.45) is 5.06. The van der Waals surface area contributed by atoms with Crippen LogP contribution in [0.3, 0.4) is 0 Å². The molecule has 0 spiro atoms. The maximum absolute atomic E-state index is 12.2. The first kappa shape index (κ1) is 24.1. The smallest absolute Gasteiger partial charge is 0.316 e. The molecule has 188 valence electrons. The number of ether oxygens (including phenoxy) is 2. The molecule has 3 atom stereocenters. The summed E-state index contributed by atoms with van der Waals surface area (Å²) < 4.78 is 10.9. The monoisotopic (exact) mass is 480 g/mol. The van der Waals surface area contributed by atoms with Crippen molar-refractivity contribution in [3.63, 3.8) is 0 Å². The van der Waals surface area contributed by atoms with E-state index in [-0.39, 0.29) is 11.9 Å². The fourth-order valence-electron chi connectivity index (χ4n) is 6.11. The molecule has 0 aromatic heterocycles. The Kier molecular flexibility index (Phi) is 6.28. The lowest BCUT2D eigenvalue weighted by molar-refractivity contribution is -0.143. The number of hydrogen-bond donors (Lipinski definition) is 2. The van der Waals surface area contributed by atoms with Crippen LogP contribution in [0.4, 0.5) is 0 Å². The molecule has 1 aromatic carbocycles. The number of hydrogen-bond acceptors (Lipinski definition) is 7. The number of cyclic esters (lactones) is 1. The average Bonchev–Trinajstić information content (AvgIpc) is 3.40. The second kappa shape index (κ2) is 9.12. The SMILES string of the molecule is CC1=C([C@@H](O)CN2CCN(/C=C(\O)c3c(C)cc4c(c3C)COC4)CC2)C=CC2(C)C(=O)OCC12. The van der Waals surface area contributed by atoms with Gasteiger partial charge in [0.2, 0.25) is 0 Å². The minimum atomic E-state index is -0.615. The van der Waals surface area contributed by atoms with Gasteiger partial charge in [0.05, 0.1) is 31.3 Å². The van der Waals surface area contributed by atoms with Crippen LogP contribution >= 0.6 is 0 Å². The summed E-state index contributed by atoms with van der Waals surface area (Å²) in [5.41, 5.74) is 6.82. The van der Waals surface area contributed by atoms with Crippen molar-refractivity contribution in [3.05, 3.63) is 63.4 Å². The molecule has 3 aliphatic heterocycles. The number of nitrogens with zero attached hydrogens (tertiary/aromatic N) is 2. The summed E-state index contributed by atoms with van der Waals surface area (Å²) in [4.78, 5) is 16.6. The first-order valence-electron chi connectivity index (χ1n) is 12.5. The number of carbonyl (C=O) groups is 1. The molecule has 2 saturated heterocycles. The van der Waals surface area contributed by atoms with E-state index in [1.54, 1.807) is 0 Å². The van der Waals surface area contributed by atoms with Crippen LogP contribution in [0.25, 0.3) is 5.76 Å². The highest BCUT2D eigenvalue weighted by atomic mass is 16.5. The summed E-state index contributed by atoms with van der Waals surface area (Å²) in [6, 6.07) is 2.13. The molecule has 0 bridgehead atoms. The van der Waals surface area contributed by atoms with Crippen molar-refractivity contribution in [1.29, 1.82) is 0 Å². The van der Waals surface area contributed by atoms with Gasteiger partial charge in [-0.2, -0.15) is 0 Å². The molecular weight excluding hydrogens is 444 g/mol. The van der Waals surface area contributed by atoms with Crippen LogP contribution in [0.15, 0.2) is 35.6 Å². The molecule has 4 aliphatic rings. The number of carbonyl (C=O) groups excluding carboxylic acids is 1. The van der Waals surface area contributed by atoms with Crippen LogP contribution in [0.5, 0.6) is 0 Å². The number of piperazine rings is 1. The van der Waals surface area contributed by atoms with E-state index in [2.05, 4.69) is 22.8 Å². The van der Waals surface area contributed by atoms with Crippen LogP contribution in [-0.2, 0) is 27.5 Å². The summed E-state index contributed by atoms with van der Waals surface area (Å²) >= 11 is 0. The number of esters is 1. The molecule has 7 nitrogen and oxygen atoms in total. The van der Waals surface area contributed by atoms with Gasteiger partial charge < -0.3 is 24.6 Å². The lowest BCUT2D eigenvalue weighted by Gasteiger charge is -2.36. The van der Waals surface area contributed by atoms with Gasteiger partial charge in [-0.15, -0.1) is 0 Å². The van der Waals surface area contributed by atoms with Gasteiger partial charge in [0.25, 0.3) is 0 Å². The molecule has 1 aliphatic carbocycles.